The van der Waals surface area contributed by atoms with Gasteiger partial charge in [0.05, 0.1) is 5.02 Å². The Hall–Kier alpha value is -1.12. The molecule has 0 unspecified atom stereocenters. The number of hydrogen-bond acceptors (Lipinski definition) is 1. The molecule has 1 nitrogen and oxygen atoms in total. The van der Waals surface area contributed by atoms with Gasteiger partial charge in [-0.1, -0.05) is 23.7 Å². The predicted octanol–water partition coefficient (Wildman–Crippen LogP) is 5.26. The molecule has 0 N–H and O–H groups in total. The number of rotatable bonds is 2. The molecule has 3 heteroatoms. The van der Waals surface area contributed by atoms with Crippen LogP contribution in [0.4, 0.5) is 0 Å². The molecule has 2 aromatic rings. The van der Waals surface area contributed by atoms with Crippen molar-refractivity contribution < 1.29 is 4.79 Å². The summed E-state index contributed by atoms with van der Waals surface area (Å²) >= 11 is 9.67. The van der Waals surface area contributed by atoms with Gasteiger partial charge >= 0.3 is 0 Å². The molecule has 0 aromatic heterocycles. The summed E-state index contributed by atoms with van der Waals surface area (Å²) in [6.45, 7) is 5.93. The zero-order valence-corrected chi connectivity index (χ0v) is 13.4. The van der Waals surface area contributed by atoms with Crippen LogP contribution in [0.25, 0.3) is 0 Å². The van der Waals surface area contributed by atoms with Gasteiger partial charge in [-0.15, -0.1) is 0 Å². The van der Waals surface area contributed by atoms with Crippen LogP contribution in [0, 0.1) is 20.8 Å². The van der Waals surface area contributed by atoms with E-state index >= 15 is 0 Å². The molecule has 0 atom stereocenters. The van der Waals surface area contributed by atoms with Gasteiger partial charge in [0.25, 0.3) is 0 Å². The molecular weight excluding hydrogens is 324 g/mol. The molecule has 0 radical (unpaired) electrons. The monoisotopic (exact) mass is 336 g/mol. The zero-order valence-electron chi connectivity index (χ0n) is 11.1. The van der Waals surface area contributed by atoms with Crippen molar-refractivity contribution in [3.05, 3.63) is 67.6 Å². The topological polar surface area (TPSA) is 17.1 Å². The number of carbonyl (C=O) groups excluding carboxylic acids is 1. The van der Waals surface area contributed by atoms with Crippen LogP contribution in [0.5, 0.6) is 0 Å². The molecule has 19 heavy (non-hydrogen) atoms. The molecule has 0 aliphatic rings. The first-order chi connectivity index (χ1) is 8.91. The second-order valence-electron chi connectivity index (χ2n) is 4.68. The molecule has 0 bridgehead atoms. The van der Waals surface area contributed by atoms with Crippen molar-refractivity contribution in [2.45, 2.75) is 20.8 Å². The predicted molar refractivity (Wildman–Crippen MR) is 83.2 cm³/mol. The van der Waals surface area contributed by atoms with E-state index in [-0.39, 0.29) is 5.78 Å². The summed E-state index contributed by atoms with van der Waals surface area (Å²) < 4.78 is 0.828. The van der Waals surface area contributed by atoms with Crippen molar-refractivity contribution in [2.75, 3.05) is 0 Å². The third-order valence-electron chi connectivity index (χ3n) is 3.26. The van der Waals surface area contributed by atoms with Gasteiger partial charge in [0.1, 0.15) is 0 Å². The minimum absolute atomic E-state index is 0.0522. The van der Waals surface area contributed by atoms with Crippen molar-refractivity contribution in [1.82, 2.24) is 0 Å². The molecule has 0 aliphatic heterocycles. The number of hydrogen-bond donors (Lipinski definition) is 0. The fraction of sp³-hybridized carbons (Fsp3) is 0.188. The lowest BCUT2D eigenvalue weighted by Crippen LogP contribution is -2.05. The summed E-state index contributed by atoms with van der Waals surface area (Å²) in [7, 11) is 0. The Balaban J connectivity index is 2.56. The Morgan fingerprint density at radius 1 is 1.00 bits per heavy atom. The molecule has 2 aromatic carbocycles. The summed E-state index contributed by atoms with van der Waals surface area (Å²) in [4.78, 5) is 12.6. The van der Waals surface area contributed by atoms with Crippen molar-refractivity contribution in [2.24, 2.45) is 0 Å². The maximum atomic E-state index is 12.6. The van der Waals surface area contributed by atoms with Crippen LogP contribution in [0.1, 0.15) is 32.6 Å². The first kappa shape index (κ1) is 14.3. The van der Waals surface area contributed by atoms with Crippen LogP contribution in [-0.4, -0.2) is 5.78 Å². The van der Waals surface area contributed by atoms with Crippen LogP contribution >= 0.6 is 27.5 Å². The van der Waals surface area contributed by atoms with Gasteiger partial charge in [0.2, 0.25) is 0 Å². The molecule has 0 heterocycles. The molecule has 0 spiro atoms. The Morgan fingerprint density at radius 3 is 2.32 bits per heavy atom. The van der Waals surface area contributed by atoms with Gasteiger partial charge in [-0.25, -0.2) is 0 Å². The second kappa shape index (κ2) is 5.48. The van der Waals surface area contributed by atoms with Crippen molar-refractivity contribution in [3.63, 3.8) is 0 Å². The highest BCUT2D eigenvalue weighted by atomic mass is 79.9. The lowest BCUT2D eigenvalue weighted by Gasteiger charge is -2.10. The minimum Gasteiger partial charge on any atom is -0.289 e. The maximum Gasteiger partial charge on any atom is 0.195 e. The molecule has 0 aliphatic carbocycles. The summed E-state index contributed by atoms with van der Waals surface area (Å²) in [5.41, 5.74) is 4.38. The molecular formula is C16H14BrClO. The fourth-order valence-corrected chi connectivity index (χ4v) is 2.67. The Labute approximate surface area is 126 Å². The Bertz CT molecular complexity index is 662. The van der Waals surface area contributed by atoms with E-state index in [2.05, 4.69) is 15.9 Å². The SMILES string of the molecule is Cc1cc(Cl)c(C(=O)c2cccc(C)c2Br)cc1C. The second-order valence-corrected chi connectivity index (χ2v) is 5.88. The number of halogens is 2. The highest BCUT2D eigenvalue weighted by molar-refractivity contribution is 9.10. The van der Waals surface area contributed by atoms with Gasteiger partial charge in [0.15, 0.2) is 5.78 Å². The number of ketones is 1. The average Bonchev–Trinajstić information content (AvgIpc) is 2.36. The highest BCUT2D eigenvalue weighted by Gasteiger charge is 2.17. The van der Waals surface area contributed by atoms with Crippen molar-refractivity contribution in [1.29, 1.82) is 0 Å². The number of carbonyl (C=O) groups is 1. The van der Waals surface area contributed by atoms with E-state index in [0.717, 1.165) is 21.2 Å². The Morgan fingerprint density at radius 2 is 1.63 bits per heavy atom. The van der Waals surface area contributed by atoms with Gasteiger partial charge < -0.3 is 0 Å². The van der Waals surface area contributed by atoms with E-state index in [4.69, 9.17) is 11.6 Å². The molecule has 98 valence electrons. The smallest absolute Gasteiger partial charge is 0.195 e. The Kier molecular flexibility index (Phi) is 4.12. The van der Waals surface area contributed by atoms with Crippen molar-refractivity contribution >= 4 is 33.3 Å². The molecule has 2 rings (SSSR count). The van der Waals surface area contributed by atoms with E-state index < -0.39 is 0 Å². The number of aryl methyl sites for hydroxylation is 3. The van der Waals surface area contributed by atoms with E-state index in [1.807, 2.05) is 51.1 Å². The van der Waals surface area contributed by atoms with Crippen molar-refractivity contribution in [3.8, 4) is 0 Å². The lowest BCUT2D eigenvalue weighted by molar-refractivity contribution is 0.103. The fourth-order valence-electron chi connectivity index (χ4n) is 1.92. The largest absolute Gasteiger partial charge is 0.289 e. The standard InChI is InChI=1S/C16H14BrClO/c1-9-5-4-6-12(15(9)17)16(19)13-7-10(2)11(3)8-14(13)18/h4-8H,1-3H3. The average molecular weight is 338 g/mol. The molecule has 0 saturated carbocycles. The van der Waals surface area contributed by atoms with E-state index in [1.165, 1.54) is 0 Å². The van der Waals surface area contributed by atoms with E-state index in [9.17, 15) is 4.79 Å². The summed E-state index contributed by atoms with van der Waals surface area (Å²) in [6, 6.07) is 9.35. The zero-order chi connectivity index (χ0) is 14.2. The van der Waals surface area contributed by atoms with Gasteiger partial charge in [-0.2, -0.15) is 0 Å². The van der Waals surface area contributed by atoms with Gasteiger partial charge in [-0.3, -0.25) is 4.79 Å². The third-order valence-corrected chi connectivity index (χ3v) is 4.63. The summed E-state index contributed by atoms with van der Waals surface area (Å²) in [5, 5.41) is 0.501. The molecule has 0 saturated heterocycles. The molecule has 0 fully saturated rings. The highest BCUT2D eigenvalue weighted by Crippen LogP contribution is 2.28. The van der Waals surface area contributed by atoms with E-state index in [0.29, 0.717) is 16.1 Å². The van der Waals surface area contributed by atoms with Crippen LogP contribution < -0.4 is 0 Å². The quantitative estimate of drug-likeness (QED) is 0.683. The summed E-state index contributed by atoms with van der Waals surface area (Å²) in [5.74, 6) is -0.0522. The summed E-state index contributed by atoms with van der Waals surface area (Å²) in [6.07, 6.45) is 0. The first-order valence-corrected chi connectivity index (χ1v) is 7.15. The molecule has 0 amide bonds. The minimum atomic E-state index is -0.0522. The van der Waals surface area contributed by atoms with Crippen LogP contribution in [-0.2, 0) is 0 Å². The van der Waals surface area contributed by atoms with E-state index in [1.54, 1.807) is 0 Å². The first-order valence-electron chi connectivity index (χ1n) is 5.98. The van der Waals surface area contributed by atoms with Crippen LogP contribution in [0.3, 0.4) is 0 Å². The maximum absolute atomic E-state index is 12.6. The van der Waals surface area contributed by atoms with Gasteiger partial charge in [-0.05, 0) is 71.6 Å². The normalized spacial score (nSPS) is 10.6. The van der Waals surface area contributed by atoms with Crippen LogP contribution in [0.15, 0.2) is 34.8 Å². The lowest BCUT2D eigenvalue weighted by atomic mass is 9.98. The van der Waals surface area contributed by atoms with Crippen LogP contribution in [0.2, 0.25) is 5.02 Å². The number of benzene rings is 2. The third kappa shape index (κ3) is 2.75. The van der Waals surface area contributed by atoms with Gasteiger partial charge in [0, 0.05) is 15.6 Å².